The van der Waals surface area contributed by atoms with Gasteiger partial charge < -0.3 is 14.6 Å². The summed E-state index contributed by atoms with van der Waals surface area (Å²) in [6, 6.07) is 15.3. The van der Waals surface area contributed by atoms with Gasteiger partial charge in [0, 0.05) is 30.4 Å². The summed E-state index contributed by atoms with van der Waals surface area (Å²) in [5.74, 6) is -0.118. The number of benzene rings is 3. The zero-order valence-corrected chi connectivity index (χ0v) is 19.8. The number of rotatable bonds is 5. The van der Waals surface area contributed by atoms with Crippen LogP contribution in [-0.4, -0.2) is 28.9 Å². The van der Waals surface area contributed by atoms with Gasteiger partial charge in [0.05, 0.1) is 15.5 Å². The maximum Gasteiger partial charge on any atom is 0.293 e. The molecule has 9 heteroatoms. The smallest absolute Gasteiger partial charge is 0.293 e. The highest BCUT2D eigenvalue weighted by atomic mass is 35.5. The van der Waals surface area contributed by atoms with Crippen LogP contribution in [0.25, 0.3) is 22.6 Å². The second kappa shape index (κ2) is 9.38. The third kappa shape index (κ3) is 4.70. The number of nitro groups is 1. The quantitative estimate of drug-likeness (QED) is 0.249. The summed E-state index contributed by atoms with van der Waals surface area (Å²) in [7, 11) is 0. The molecule has 8 nitrogen and oxygen atoms in total. The van der Waals surface area contributed by atoms with Crippen molar-refractivity contribution in [3.63, 3.8) is 0 Å². The van der Waals surface area contributed by atoms with E-state index in [-0.39, 0.29) is 11.3 Å². The molecular formula is C26H23ClN4O4. The average molecular weight is 491 g/mol. The van der Waals surface area contributed by atoms with Gasteiger partial charge in [-0.3, -0.25) is 14.9 Å². The molecule has 0 bridgehead atoms. The predicted molar refractivity (Wildman–Crippen MR) is 136 cm³/mol. The third-order valence-electron chi connectivity index (χ3n) is 6.13. The van der Waals surface area contributed by atoms with Crippen molar-refractivity contribution in [1.29, 1.82) is 0 Å². The van der Waals surface area contributed by atoms with Gasteiger partial charge in [-0.2, -0.15) is 0 Å². The van der Waals surface area contributed by atoms with Crippen molar-refractivity contribution < 1.29 is 14.1 Å². The number of carbonyl (C=O) groups excluding carboxylic acids is 1. The third-order valence-corrected chi connectivity index (χ3v) is 6.46. The maximum absolute atomic E-state index is 13.0. The molecule has 1 saturated heterocycles. The number of oxazole rings is 1. The molecule has 1 aliphatic rings. The molecule has 1 amide bonds. The molecule has 3 aromatic carbocycles. The van der Waals surface area contributed by atoms with E-state index in [0.29, 0.717) is 39.0 Å². The van der Waals surface area contributed by atoms with Crippen LogP contribution in [0.1, 0.15) is 35.2 Å². The summed E-state index contributed by atoms with van der Waals surface area (Å²) in [4.78, 5) is 30.8. The number of anilines is 2. The standard InChI is InChI=1S/C26H23ClN4O4/c1-16-5-10-24-21(13-16)29-26(35-24)19-15-18(7-8-20(19)27)28-25(32)17-6-9-22(23(14-17)31(33)34)30-11-3-2-4-12-30/h5-10,13-15H,2-4,11-12H2,1H3,(H,28,32). The highest BCUT2D eigenvalue weighted by Crippen LogP contribution is 2.34. The highest BCUT2D eigenvalue weighted by molar-refractivity contribution is 6.33. The number of piperidine rings is 1. The summed E-state index contributed by atoms with van der Waals surface area (Å²) in [5.41, 5.74) is 4.09. The van der Waals surface area contributed by atoms with Crippen LogP contribution in [0.15, 0.2) is 59.0 Å². The molecule has 0 unspecified atom stereocenters. The van der Waals surface area contributed by atoms with Crippen molar-refractivity contribution in [3.05, 3.63) is 80.9 Å². The van der Waals surface area contributed by atoms with E-state index in [1.165, 1.54) is 6.07 Å². The number of nitro benzene ring substituents is 1. The van der Waals surface area contributed by atoms with Crippen LogP contribution in [0.3, 0.4) is 0 Å². The maximum atomic E-state index is 13.0. The number of amides is 1. The minimum Gasteiger partial charge on any atom is -0.436 e. The Balaban J connectivity index is 1.41. The van der Waals surface area contributed by atoms with E-state index in [9.17, 15) is 14.9 Å². The fraction of sp³-hybridized carbons (Fsp3) is 0.231. The second-order valence-electron chi connectivity index (χ2n) is 8.65. The van der Waals surface area contributed by atoms with Crippen molar-refractivity contribution in [2.75, 3.05) is 23.3 Å². The molecule has 1 aliphatic heterocycles. The zero-order valence-electron chi connectivity index (χ0n) is 19.1. The van der Waals surface area contributed by atoms with Crippen LogP contribution < -0.4 is 10.2 Å². The Kier molecular flexibility index (Phi) is 6.13. The average Bonchev–Trinajstić information content (AvgIpc) is 3.28. The van der Waals surface area contributed by atoms with E-state index in [0.717, 1.165) is 37.9 Å². The van der Waals surface area contributed by atoms with Crippen LogP contribution in [0.4, 0.5) is 17.1 Å². The molecule has 35 heavy (non-hydrogen) atoms. The number of fused-ring (bicyclic) bond motifs is 1. The van der Waals surface area contributed by atoms with E-state index < -0.39 is 10.8 Å². The summed E-state index contributed by atoms with van der Waals surface area (Å²) in [6.07, 6.45) is 3.12. The summed E-state index contributed by atoms with van der Waals surface area (Å²) in [6.45, 7) is 3.52. The van der Waals surface area contributed by atoms with Crippen LogP contribution >= 0.6 is 11.6 Å². The lowest BCUT2D eigenvalue weighted by atomic mass is 10.1. The summed E-state index contributed by atoms with van der Waals surface area (Å²) in [5, 5.41) is 15.0. The van der Waals surface area contributed by atoms with Crippen molar-refractivity contribution in [2.45, 2.75) is 26.2 Å². The van der Waals surface area contributed by atoms with Gasteiger partial charge in [0.15, 0.2) is 5.58 Å². The molecule has 1 N–H and O–H groups in total. The first-order valence-corrected chi connectivity index (χ1v) is 11.8. The monoisotopic (exact) mass is 490 g/mol. The number of halogens is 1. The van der Waals surface area contributed by atoms with E-state index in [1.807, 2.05) is 30.0 Å². The normalized spacial score (nSPS) is 13.7. The minimum atomic E-state index is -0.459. The molecule has 2 heterocycles. The first-order chi connectivity index (χ1) is 16.9. The second-order valence-corrected chi connectivity index (χ2v) is 9.05. The Morgan fingerprint density at radius 2 is 1.89 bits per heavy atom. The van der Waals surface area contributed by atoms with Gasteiger partial charge in [-0.1, -0.05) is 17.7 Å². The SMILES string of the molecule is Cc1ccc2oc(-c3cc(NC(=O)c4ccc(N5CCCCC5)c([N+](=O)[O-])c4)ccc3Cl)nc2c1. The highest BCUT2D eigenvalue weighted by Gasteiger charge is 2.23. The van der Waals surface area contributed by atoms with Gasteiger partial charge in [0.2, 0.25) is 5.89 Å². The van der Waals surface area contributed by atoms with Gasteiger partial charge >= 0.3 is 0 Å². The van der Waals surface area contributed by atoms with E-state index >= 15 is 0 Å². The fourth-order valence-corrected chi connectivity index (χ4v) is 4.53. The number of nitrogens with one attached hydrogen (secondary N) is 1. The molecule has 0 atom stereocenters. The van der Waals surface area contributed by atoms with Gasteiger partial charge in [-0.25, -0.2) is 4.98 Å². The lowest BCUT2D eigenvalue weighted by molar-refractivity contribution is -0.384. The van der Waals surface area contributed by atoms with Crippen molar-refractivity contribution in [1.82, 2.24) is 4.98 Å². The van der Waals surface area contributed by atoms with Crippen molar-refractivity contribution in [3.8, 4) is 11.5 Å². The molecule has 0 spiro atoms. The molecule has 178 valence electrons. The van der Waals surface area contributed by atoms with E-state index in [2.05, 4.69) is 10.3 Å². The number of hydrogen-bond donors (Lipinski definition) is 1. The lowest BCUT2D eigenvalue weighted by Gasteiger charge is -2.28. The first kappa shape index (κ1) is 22.9. The van der Waals surface area contributed by atoms with Gasteiger partial charge in [0.25, 0.3) is 11.6 Å². The van der Waals surface area contributed by atoms with Crippen molar-refractivity contribution in [2.24, 2.45) is 0 Å². The molecule has 4 aromatic rings. The Morgan fingerprint density at radius 1 is 1.09 bits per heavy atom. The molecule has 0 radical (unpaired) electrons. The molecular weight excluding hydrogens is 468 g/mol. The Labute approximate surface area is 206 Å². The van der Waals surface area contributed by atoms with E-state index in [4.69, 9.17) is 16.0 Å². The van der Waals surface area contributed by atoms with Gasteiger partial charge in [-0.15, -0.1) is 0 Å². The number of aryl methyl sites for hydroxylation is 1. The van der Waals surface area contributed by atoms with Crippen LogP contribution in [0.2, 0.25) is 5.02 Å². The Hall–Kier alpha value is -3.91. The van der Waals surface area contributed by atoms with E-state index in [1.54, 1.807) is 30.3 Å². The molecule has 0 aliphatic carbocycles. The Bertz CT molecular complexity index is 1440. The lowest BCUT2D eigenvalue weighted by Crippen LogP contribution is -2.30. The number of hydrogen-bond acceptors (Lipinski definition) is 6. The molecule has 1 fully saturated rings. The minimum absolute atomic E-state index is 0.0712. The molecule has 5 rings (SSSR count). The number of aromatic nitrogens is 1. The summed E-state index contributed by atoms with van der Waals surface area (Å²) < 4.78 is 5.86. The first-order valence-electron chi connectivity index (χ1n) is 11.4. The van der Waals surface area contributed by atoms with Crippen LogP contribution in [0.5, 0.6) is 0 Å². The van der Waals surface area contributed by atoms with Crippen molar-refractivity contribution >= 4 is 45.7 Å². The Morgan fingerprint density at radius 3 is 2.66 bits per heavy atom. The van der Waals surface area contributed by atoms with Gasteiger partial charge in [0.1, 0.15) is 11.2 Å². The number of nitrogens with zero attached hydrogens (tertiary/aromatic N) is 3. The predicted octanol–water partition coefficient (Wildman–Crippen LogP) is 6.61. The largest absolute Gasteiger partial charge is 0.436 e. The number of carbonyl (C=O) groups is 1. The fourth-order valence-electron chi connectivity index (χ4n) is 4.34. The topological polar surface area (TPSA) is 102 Å². The zero-order chi connectivity index (χ0) is 24.5. The van der Waals surface area contributed by atoms with Gasteiger partial charge in [-0.05, 0) is 74.2 Å². The molecule has 0 saturated carbocycles. The van der Waals surface area contributed by atoms with Crippen LogP contribution in [0, 0.1) is 17.0 Å². The molecule has 1 aromatic heterocycles. The summed E-state index contributed by atoms with van der Waals surface area (Å²) >= 11 is 6.40. The van der Waals surface area contributed by atoms with Crippen LogP contribution in [-0.2, 0) is 0 Å².